The van der Waals surface area contributed by atoms with Gasteiger partial charge in [0.15, 0.2) is 17.3 Å². The van der Waals surface area contributed by atoms with E-state index in [0.717, 1.165) is 19.3 Å². The molecule has 3 atom stereocenters. The lowest BCUT2D eigenvalue weighted by atomic mass is 9.49. The van der Waals surface area contributed by atoms with Gasteiger partial charge in [-0.05, 0) is 30.7 Å². The highest BCUT2D eigenvalue weighted by molar-refractivity contribution is 6.01. The Hall–Kier alpha value is -2.04. The van der Waals surface area contributed by atoms with E-state index in [-0.39, 0.29) is 47.1 Å². The molecule has 0 heterocycles. The van der Waals surface area contributed by atoms with Gasteiger partial charge < -0.3 is 14.9 Å². The van der Waals surface area contributed by atoms with Gasteiger partial charge in [-0.15, -0.1) is 0 Å². The molecule has 27 heavy (non-hydrogen) atoms. The van der Waals surface area contributed by atoms with Crippen LogP contribution in [0, 0.1) is 11.3 Å². The highest BCUT2D eigenvalue weighted by Gasteiger charge is 2.55. The van der Waals surface area contributed by atoms with Crippen LogP contribution in [-0.2, 0) is 14.9 Å². The molecule has 0 amide bonds. The van der Waals surface area contributed by atoms with Crippen LogP contribution in [0.2, 0.25) is 0 Å². The first kappa shape index (κ1) is 19.7. The molecule has 2 N–H and O–H groups in total. The van der Waals surface area contributed by atoms with Crippen LogP contribution in [0.1, 0.15) is 87.7 Å². The fourth-order valence-corrected chi connectivity index (χ4v) is 5.40. The van der Waals surface area contributed by atoms with Gasteiger partial charge in [0, 0.05) is 40.9 Å². The van der Waals surface area contributed by atoms with Gasteiger partial charge in [0.25, 0.3) is 0 Å². The fourth-order valence-electron chi connectivity index (χ4n) is 5.40. The third-order valence-corrected chi connectivity index (χ3v) is 6.85. The molecule has 0 saturated heterocycles. The molecule has 5 nitrogen and oxygen atoms in total. The van der Waals surface area contributed by atoms with Crippen LogP contribution < -0.4 is 0 Å². The van der Waals surface area contributed by atoms with Crippen LogP contribution in [0.3, 0.4) is 0 Å². The van der Waals surface area contributed by atoms with E-state index < -0.39 is 5.41 Å². The second-order valence-corrected chi connectivity index (χ2v) is 9.13. The summed E-state index contributed by atoms with van der Waals surface area (Å²) in [4.78, 5) is 24.4. The Labute approximate surface area is 160 Å². The molecule has 0 radical (unpaired) electrons. The van der Waals surface area contributed by atoms with Crippen LogP contribution in [-0.4, -0.2) is 28.6 Å². The molecule has 1 fully saturated rings. The van der Waals surface area contributed by atoms with Gasteiger partial charge in [-0.2, -0.15) is 0 Å². The molecule has 3 rings (SSSR count). The molecule has 0 aliphatic heterocycles. The number of fused-ring (bicyclic) bond motifs is 3. The number of carbonyl (C=O) groups is 2. The van der Waals surface area contributed by atoms with Crippen LogP contribution in [0.5, 0.6) is 11.5 Å². The maximum Gasteiger partial charge on any atom is 0.302 e. The van der Waals surface area contributed by atoms with E-state index >= 15 is 0 Å². The van der Waals surface area contributed by atoms with Gasteiger partial charge >= 0.3 is 5.97 Å². The van der Waals surface area contributed by atoms with Gasteiger partial charge in [0.05, 0.1) is 6.61 Å². The third-order valence-electron chi connectivity index (χ3n) is 6.85. The minimum atomic E-state index is -0.451. The van der Waals surface area contributed by atoms with Gasteiger partial charge in [-0.1, -0.05) is 34.1 Å². The Morgan fingerprint density at radius 1 is 1.26 bits per heavy atom. The zero-order valence-corrected chi connectivity index (χ0v) is 16.9. The van der Waals surface area contributed by atoms with Crippen molar-refractivity contribution in [2.24, 2.45) is 11.3 Å². The molecule has 2 aliphatic rings. The first-order valence-electron chi connectivity index (χ1n) is 9.77. The Morgan fingerprint density at radius 3 is 2.52 bits per heavy atom. The summed E-state index contributed by atoms with van der Waals surface area (Å²) in [6.45, 7) is 9.65. The lowest BCUT2D eigenvalue weighted by Gasteiger charge is -2.54. The molecule has 0 bridgehead atoms. The minimum Gasteiger partial charge on any atom is -0.504 e. The summed E-state index contributed by atoms with van der Waals surface area (Å²) in [5.74, 6) is -0.679. The van der Waals surface area contributed by atoms with Crippen LogP contribution in [0.15, 0.2) is 6.07 Å². The van der Waals surface area contributed by atoms with E-state index in [1.165, 1.54) is 6.92 Å². The predicted molar refractivity (Wildman–Crippen MR) is 102 cm³/mol. The van der Waals surface area contributed by atoms with Gasteiger partial charge in [-0.25, -0.2) is 0 Å². The van der Waals surface area contributed by atoms with Crippen LogP contribution >= 0.6 is 0 Å². The molecule has 1 aromatic carbocycles. The second-order valence-electron chi connectivity index (χ2n) is 9.13. The lowest BCUT2D eigenvalue weighted by molar-refractivity contribution is -0.148. The van der Waals surface area contributed by atoms with E-state index in [1.807, 2.05) is 13.8 Å². The summed E-state index contributed by atoms with van der Waals surface area (Å²) < 4.78 is 5.34. The highest BCUT2D eigenvalue weighted by atomic mass is 16.5. The molecule has 0 aromatic heterocycles. The Morgan fingerprint density at radius 2 is 1.93 bits per heavy atom. The SMILES string of the molecule is CC(=O)OCC1(C)CCCC2(C)c3c(cc(C(C)C)c(O)c3O)C(=O)CC12. The van der Waals surface area contributed by atoms with Crippen molar-refractivity contribution in [2.75, 3.05) is 6.61 Å². The molecule has 2 aliphatic carbocycles. The maximum atomic E-state index is 13.0. The van der Waals surface area contributed by atoms with Crippen LogP contribution in [0.4, 0.5) is 0 Å². The summed E-state index contributed by atoms with van der Waals surface area (Å²) >= 11 is 0. The first-order chi connectivity index (χ1) is 12.5. The van der Waals surface area contributed by atoms with Crippen molar-refractivity contribution in [1.82, 2.24) is 0 Å². The van der Waals surface area contributed by atoms with Crippen molar-refractivity contribution in [3.05, 3.63) is 22.8 Å². The number of carbonyl (C=O) groups excluding carboxylic acids is 2. The standard InChI is InChI=1S/C22H30O5/c1-12(2)14-9-15-16(24)10-17-21(4,11-27-13(3)23)7-6-8-22(17,5)18(15)20(26)19(14)25/h9,12,17,25-26H,6-8,10-11H2,1-5H3. The third kappa shape index (κ3) is 3.01. The van der Waals surface area contributed by atoms with Crippen molar-refractivity contribution in [1.29, 1.82) is 0 Å². The number of Topliss-reactive ketones (excluding diaryl/α,β-unsaturated/α-hetero) is 1. The largest absolute Gasteiger partial charge is 0.504 e. The Kier molecular flexibility index (Phi) is 4.77. The number of hydrogen-bond acceptors (Lipinski definition) is 5. The van der Waals surface area contributed by atoms with Crippen molar-refractivity contribution in [2.45, 2.75) is 71.6 Å². The summed E-state index contributed by atoms with van der Waals surface area (Å²) in [7, 11) is 0. The number of hydrogen-bond donors (Lipinski definition) is 2. The maximum absolute atomic E-state index is 13.0. The number of phenols is 2. The average molecular weight is 374 g/mol. The van der Waals surface area contributed by atoms with E-state index in [4.69, 9.17) is 4.74 Å². The Bertz CT molecular complexity index is 796. The van der Waals surface area contributed by atoms with E-state index in [1.54, 1.807) is 6.07 Å². The smallest absolute Gasteiger partial charge is 0.302 e. The predicted octanol–water partition coefficient (Wildman–Crippen LogP) is 4.43. The molecule has 1 saturated carbocycles. The monoisotopic (exact) mass is 374 g/mol. The molecule has 0 spiro atoms. The van der Waals surface area contributed by atoms with Gasteiger partial charge in [0.2, 0.25) is 0 Å². The average Bonchev–Trinajstić information content (AvgIpc) is 2.57. The first-order valence-corrected chi connectivity index (χ1v) is 9.77. The van der Waals surface area contributed by atoms with E-state index in [2.05, 4.69) is 13.8 Å². The molecule has 148 valence electrons. The number of phenolic OH excluding ortho intramolecular Hbond substituents is 2. The highest BCUT2D eigenvalue weighted by Crippen LogP contribution is 2.60. The number of ketones is 1. The lowest BCUT2D eigenvalue weighted by Crippen LogP contribution is -2.52. The normalized spacial score (nSPS) is 30.0. The van der Waals surface area contributed by atoms with Crippen molar-refractivity contribution < 1.29 is 24.5 Å². The fraction of sp³-hybridized carbons (Fsp3) is 0.636. The van der Waals surface area contributed by atoms with Crippen molar-refractivity contribution in [3.63, 3.8) is 0 Å². The summed E-state index contributed by atoms with van der Waals surface area (Å²) in [5.41, 5.74) is 0.905. The molecular weight excluding hydrogens is 344 g/mol. The topological polar surface area (TPSA) is 83.8 Å². The zero-order chi connectivity index (χ0) is 20.1. The summed E-state index contributed by atoms with van der Waals surface area (Å²) in [5, 5.41) is 21.5. The van der Waals surface area contributed by atoms with E-state index in [0.29, 0.717) is 23.1 Å². The Balaban J connectivity index is 2.15. The van der Waals surface area contributed by atoms with Crippen molar-refractivity contribution >= 4 is 11.8 Å². The molecular formula is C22H30O5. The molecule has 5 heteroatoms. The van der Waals surface area contributed by atoms with E-state index in [9.17, 15) is 19.8 Å². The minimum absolute atomic E-state index is 0.000109. The quantitative estimate of drug-likeness (QED) is 0.604. The number of ether oxygens (including phenoxy) is 1. The number of esters is 1. The van der Waals surface area contributed by atoms with Gasteiger partial charge in [0.1, 0.15) is 0 Å². The molecule has 1 aromatic rings. The number of benzene rings is 1. The summed E-state index contributed by atoms with van der Waals surface area (Å²) in [6.07, 6.45) is 2.95. The second kappa shape index (κ2) is 6.54. The molecule has 3 unspecified atom stereocenters. The summed E-state index contributed by atoms with van der Waals surface area (Å²) in [6, 6.07) is 1.76. The number of rotatable bonds is 3. The number of aromatic hydroxyl groups is 2. The zero-order valence-electron chi connectivity index (χ0n) is 16.9. The van der Waals surface area contributed by atoms with Crippen molar-refractivity contribution in [3.8, 4) is 11.5 Å². The van der Waals surface area contributed by atoms with Crippen LogP contribution in [0.25, 0.3) is 0 Å². The van der Waals surface area contributed by atoms with Gasteiger partial charge in [-0.3, -0.25) is 9.59 Å².